The number of nitrogens with one attached hydrogen (secondary N) is 1. The minimum atomic E-state index is -0.252. The van der Waals surface area contributed by atoms with Gasteiger partial charge in [-0.2, -0.15) is 10.2 Å². The summed E-state index contributed by atoms with van der Waals surface area (Å²) in [6, 6.07) is 14.6. The molecule has 0 unspecified atom stereocenters. The second-order valence-electron chi connectivity index (χ2n) is 5.63. The van der Waals surface area contributed by atoms with Crippen LogP contribution in [-0.2, 0) is 0 Å². The van der Waals surface area contributed by atoms with Gasteiger partial charge in [0, 0.05) is 17.8 Å². The molecule has 0 aliphatic heterocycles. The predicted octanol–water partition coefficient (Wildman–Crippen LogP) is 2.77. The Hall–Kier alpha value is -3.61. The van der Waals surface area contributed by atoms with Gasteiger partial charge in [0.25, 0.3) is 5.56 Å². The third kappa shape index (κ3) is 2.59. The molecule has 3 aromatic heterocycles. The van der Waals surface area contributed by atoms with Gasteiger partial charge < -0.3 is 9.47 Å². The summed E-state index contributed by atoms with van der Waals surface area (Å²) in [4.78, 5) is 11.4. The van der Waals surface area contributed by atoms with Crippen molar-refractivity contribution in [1.82, 2.24) is 19.8 Å². The number of aromatic nitrogens is 4. The number of ether oxygens (including phenoxy) is 2. The van der Waals surface area contributed by atoms with Crippen LogP contribution in [0.2, 0.25) is 0 Å². The van der Waals surface area contributed by atoms with Crippen LogP contribution >= 0.6 is 0 Å². The van der Waals surface area contributed by atoms with Crippen LogP contribution in [0.15, 0.2) is 59.5 Å². The summed E-state index contributed by atoms with van der Waals surface area (Å²) in [5, 5.41) is 11.4. The number of benzene rings is 1. The number of aromatic amines is 1. The summed E-state index contributed by atoms with van der Waals surface area (Å²) >= 11 is 0. The number of pyridine rings is 1. The first-order chi connectivity index (χ1) is 12.7. The Morgan fingerprint density at radius 3 is 2.58 bits per heavy atom. The number of methoxy groups -OCH3 is 2. The molecule has 4 aromatic rings. The zero-order chi connectivity index (χ0) is 18.1. The van der Waals surface area contributed by atoms with Gasteiger partial charge in [0.2, 0.25) is 0 Å². The first-order valence-electron chi connectivity index (χ1n) is 7.97. The second kappa shape index (κ2) is 6.36. The van der Waals surface area contributed by atoms with Gasteiger partial charge in [-0.15, -0.1) is 0 Å². The van der Waals surface area contributed by atoms with Crippen molar-refractivity contribution in [3.8, 4) is 34.0 Å². The molecular formula is C19H16N4O3. The van der Waals surface area contributed by atoms with Crippen LogP contribution < -0.4 is 15.0 Å². The highest BCUT2D eigenvalue weighted by molar-refractivity contribution is 5.91. The molecule has 0 bridgehead atoms. The van der Waals surface area contributed by atoms with Crippen LogP contribution in [-0.4, -0.2) is 34.0 Å². The fourth-order valence-electron chi connectivity index (χ4n) is 2.92. The lowest BCUT2D eigenvalue weighted by Gasteiger charge is -2.09. The highest BCUT2D eigenvalue weighted by Crippen LogP contribution is 2.37. The minimum absolute atomic E-state index is 0.252. The number of rotatable bonds is 4. The average molecular weight is 348 g/mol. The number of nitrogens with zero attached hydrogens (tertiary/aromatic N) is 3. The molecule has 130 valence electrons. The van der Waals surface area contributed by atoms with Gasteiger partial charge in [-0.1, -0.05) is 6.07 Å². The van der Waals surface area contributed by atoms with E-state index < -0.39 is 0 Å². The molecule has 0 saturated carbocycles. The van der Waals surface area contributed by atoms with Crippen LogP contribution in [0.4, 0.5) is 0 Å². The van der Waals surface area contributed by atoms with Crippen LogP contribution in [0.3, 0.4) is 0 Å². The molecule has 26 heavy (non-hydrogen) atoms. The normalized spacial score (nSPS) is 10.8. The topological polar surface area (TPSA) is 81.5 Å². The van der Waals surface area contributed by atoms with E-state index in [-0.39, 0.29) is 5.56 Å². The molecule has 1 N–H and O–H groups in total. The zero-order valence-corrected chi connectivity index (χ0v) is 14.3. The van der Waals surface area contributed by atoms with Crippen molar-refractivity contribution in [1.29, 1.82) is 0 Å². The highest BCUT2D eigenvalue weighted by Gasteiger charge is 2.18. The minimum Gasteiger partial charge on any atom is -0.493 e. The molecule has 0 amide bonds. The SMILES string of the molecule is COc1ccc(-c2nn3ccccc3c2-c2ccc(=O)[nH]n2)cc1OC. The Morgan fingerprint density at radius 2 is 1.85 bits per heavy atom. The molecule has 7 nitrogen and oxygen atoms in total. The monoisotopic (exact) mass is 348 g/mol. The van der Waals surface area contributed by atoms with Crippen molar-refractivity contribution < 1.29 is 9.47 Å². The third-order valence-corrected chi connectivity index (χ3v) is 4.13. The largest absolute Gasteiger partial charge is 0.493 e. The van der Waals surface area contributed by atoms with E-state index in [2.05, 4.69) is 10.2 Å². The molecular weight excluding hydrogens is 332 g/mol. The van der Waals surface area contributed by atoms with E-state index >= 15 is 0 Å². The summed E-state index contributed by atoms with van der Waals surface area (Å²) in [6.07, 6.45) is 1.87. The summed E-state index contributed by atoms with van der Waals surface area (Å²) in [5.74, 6) is 1.26. The van der Waals surface area contributed by atoms with Gasteiger partial charge in [-0.3, -0.25) is 4.79 Å². The molecule has 0 aliphatic carbocycles. The predicted molar refractivity (Wildman–Crippen MR) is 97.6 cm³/mol. The van der Waals surface area contributed by atoms with Crippen molar-refractivity contribution in [3.63, 3.8) is 0 Å². The third-order valence-electron chi connectivity index (χ3n) is 4.13. The molecule has 4 rings (SSSR count). The van der Waals surface area contributed by atoms with Crippen molar-refractivity contribution in [2.75, 3.05) is 14.2 Å². The van der Waals surface area contributed by atoms with Gasteiger partial charge in [-0.25, -0.2) is 9.61 Å². The number of H-pyrrole nitrogens is 1. The Morgan fingerprint density at radius 1 is 1.00 bits per heavy atom. The van der Waals surface area contributed by atoms with E-state index in [4.69, 9.17) is 14.6 Å². The van der Waals surface area contributed by atoms with Crippen molar-refractivity contribution in [2.24, 2.45) is 0 Å². The molecule has 0 fully saturated rings. The van der Waals surface area contributed by atoms with E-state index in [1.165, 1.54) is 6.07 Å². The van der Waals surface area contributed by atoms with Gasteiger partial charge in [0.15, 0.2) is 11.5 Å². The zero-order valence-electron chi connectivity index (χ0n) is 14.3. The summed E-state index contributed by atoms with van der Waals surface area (Å²) < 4.78 is 12.5. The maximum absolute atomic E-state index is 11.4. The van der Waals surface area contributed by atoms with Crippen LogP contribution in [0.25, 0.3) is 28.0 Å². The van der Waals surface area contributed by atoms with Crippen LogP contribution in [0.5, 0.6) is 11.5 Å². The van der Waals surface area contributed by atoms with Gasteiger partial charge in [0.1, 0.15) is 5.69 Å². The van der Waals surface area contributed by atoms with E-state index in [1.807, 2.05) is 42.6 Å². The molecule has 0 radical (unpaired) electrons. The van der Waals surface area contributed by atoms with E-state index in [9.17, 15) is 4.79 Å². The maximum Gasteiger partial charge on any atom is 0.264 e. The Bertz CT molecular complexity index is 1130. The fraction of sp³-hybridized carbons (Fsp3) is 0.105. The summed E-state index contributed by atoms with van der Waals surface area (Å²) in [7, 11) is 3.19. The molecule has 0 saturated heterocycles. The number of hydrogen-bond donors (Lipinski definition) is 1. The van der Waals surface area contributed by atoms with Crippen molar-refractivity contribution in [2.45, 2.75) is 0 Å². The number of fused-ring (bicyclic) bond motifs is 1. The molecule has 1 aromatic carbocycles. The molecule has 3 heterocycles. The first kappa shape index (κ1) is 15.9. The molecule has 0 atom stereocenters. The quantitative estimate of drug-likeness (QED) is 0.613. The van der Waals surface area contributed by atoms with E-state index in [0.717, 1.165) is 22.3 Å². The Kier molecular flexibility index (Phi) is 3.89. The van der Waals surface area contributed by atoms with Crippen molar-refractivity contribution in [3.05, 3.63) is 65.1 Å². The van der Waals surface area contributed by atoms with Gasteiger partial charge in [0.05, 0.1) is 31.0 Å². The van der Waals surface area contributed by atoms with Crippen LogP contribution in [0.1, 0.15) is 0 Å². The fourth-order valence-corrected chi connectivity index (χ4v) is 2.92. The molecule has 0 spiro atoms. The van der Waals surface area contributed by atoms with E-state index in [1.54, 1.807) is 24.8 Å². The van der Waals surface area contributed by atoms with Crippen LogP contribution in [0, 0.1) is 0 Å². The van der Waals surface area contributed by atoms with Crippen molar-refractivity contribution >= 4 is 5.52 Å². The lowest BCUT2D eigenvalue weighted by molar-refractivity contribution is 0.355. The lowest BCUT2D eigenvalue weighted by atomic mass is 10.0. The Balaban J connectivity index is 1.99. The molecule has 7 heteroatoms. The second-order valence-corrected chi connectivity index (χ2v) is 5.63. The smallest absolute Gasteiger partial charge is 0.264 e. The maximum atomic E-state index is 11.4. The molecule has 0 aliphatic rings. The summed E-state index contributed by atoms with van der Waals surface area (Å²) in [6.45, 7) is 0. The first-order valence-corrected chi connectivity index (χ1v) is 7.97. The Labute approximate surface area is 148 Å². The standard InChI is InChI=1S/C19H16N4O3/c1-25-15-8-6-12(11-16(15)26-2)19-18(13-7-9-17(24)21-20-13)14-5-3-4-10-23(14)22-19/h3-11H,1-2H3,(H,21,24). The van der Waals surface area contributed by atoms with Gasteiger partial charge in [-0.05, 0) is 36.4 Å². The van der Waals surface area contributed by atoms with Gasteiger partial charge >= 0.3 is 0 Å². The van der Waals surface area contributed by atoms with E-state index in [0.29, 0.717) is 17.2 Å². The lowest BCUT2D eigenvalue weighted by Crippen LogP contribution is -2.05. The highest BCUT2D eigenvalue weighted by atomic mass is 16.5. The number of hydrogen-bond acceptors (Lipinski definition) is 5. The average Bonchev–Trinajstić information content (AvgIpc) is 3.07. The summed E-state index contributed by atoms with van der Waals surface area (Å²) in [5.41, 5.74) is 3.69.